The number of nitrogens with zero attached hydrogens (tertiary/aromatic N) is 1. The van der Waals surface area contributed by atoms with Crippen LogP contribution in [0.4, 0.5) is 0 Å². The Labute approximate surface area is 114 Å². The summed E-state index contributed by atoms with van der Waals surface area (Å²) in [7, 11) is 0. The van der Waals surface area contributed by atoms with E-state index in [4.69, 9.17) is 10.8 Å². The third-order valence-electron chi connectivity index (χ3n) is 2.84. The van der Waals surface area contributed by atoms with E-state index in [9.17, 15) is 4.79 Å². The first-order chi connectivity index (χ1) is 9.13. The number of nitrogens with two attached hydrogens (primary N) is 1. The normalized spacial score (nSPS) is 9.68. The van der Waals surface area contributed by atoms with Crippen LogP contribution in [0.5, 0.6) is 0 Å². The molecule has 0 aliphatic carbocycles. The summed E-state index contributed by atoms with van der Waals surface area (Å²) in [6.45, 7) is 4.94. The molecule has 0 fully saturated rings. The van der Waals surface area contributed by atoms with E-state index < -0.39 is 0 Å². The molecule has 1 aromatic carbocycles. The molecule has 0 aliphatic rings. The number of hydrogen-bond donors (Lipinski definition) is 2. The van der Waals surface area contributed by atoms with Crippen molar-refractivity contribution in [3.63, 3.8) is 0 Å². The van der Waals surface area contributed by atoms with Crippen LogP contribution in [0.2, 0.25) is 0 Å². The minimum absolute atomic E-state index is 0.0364. The summed E-state index contributed by atoms with van der Waals surface area (Å²) >= 11 is 0. The molecule has 1 rings (SSSR count). The zero-order chi connectivity index (χ0) is 14.3. The summed E-state index contributed by atoms with van der Waals surface area (Å²) in [6.07, 6.45) is 0. The highest BCUT2D eigenvalue weighted by atomic mass is 16.3. The Bertz CT molecular complexity index is 501. The second-order valence-corrected chi connectivity index (χ2v) is 4.14. The van der Waals surface area contributed by atoms with Gasteiger partial charge in [-0.3, -0.25) is 4.79 Å². The van der Waals surface area contributed by atoms with Crippen molar-refractivity contribution in [2.45, 2.75) is 13.8 Å². The van der Waals surface area contributed by atoms with Gasteiger partial charge in [0.1, 0.15) is 0 Å². The minimum atomic E-state index is -0.0783. The van der Waals surface area contributed by atoms with Crippen molar-refractivity contribution >= 4 is 5.91 Å². The fourth-order valence-corrected chi connectivity index (χ4v) is 1.78. The fourth-order valence-electron chi connectivity index (χ4n) is 1.78. The van der Waals surface area contributed by atoms with Gasteiger partial charge in [0.15, 0.2) is 0 Å². The fraction of sp³-hybridized carbons (Fsp3) is 0.400. The zero-order valence-corrected chi connectivity index (χ0v) is 11.4. The van der Waals surface area contributed by atoms with E-state index >= 15 is 0 Å². The van der Waals surface area contributed by atoms with E-state index in [0.29, 0.717) is 25.2 Å². The number of aliphatic hydroxyl groups excluding tert-OH is 1. The molecule has 19 heavy (non-hydrogen) atoms. The summed E-state index contributed by atoms with van der Waals surface area (Å²) < 4.78 is 0. The van der Waals surface area contributed by atoms with Gasteiger partial charge in [0.05, 0.1) is 13.2 Å². The molecule has 0 spiro atoms. The minimum Gasteiger partial charge on any atom is -0.395 e. The molecule has 3 N–H and O–H groups in total. The monoisotopic (exact) mass is 260 g/mol. The maximum atomic E-state index is 12.4. The summed E-state index contributed by atoms with van der Waals surface area (Å²) in [6, 6.07) is 5.53. The summed E-state index contributed by atoms with van der Waals surface area (Å²) in [4.78, 5) is 14.0. The standard InChI is InChI=1S/C15H20N2O2/c1-3-17(9-10-18)15(19)14-11-13(5-4-8-16)7-6-12(14)2/h6-7,11,18H,3,8-10,16H2,1-2H3. The van der Waals surface area contributed by atoms with Gasteiger partial charge in [-0.05, 0) is 31.5 Å². The maximum Gasteiger partial charge on any atom is 0.254 e. The number of aryl methyl sites for hydroxylation is 1. The van der Waals surface area contributed by atoms with Crippen LogP contribution < -0.4 is 5.73 Å². The number of carbonyl (C=O) groups is 1. The molecule has 0 aliphatic heterocycles. The van der Waals surface area contributed by atoms with Crippen molar-refractivity contribution in [2.75, 3.05) is 26.2 Å². The first-order valence-corrected chi connectivity index (χ1v) is 6.33. The molecule has 0 saturated carbocycles. The molecule has 0 atom stereocenters. The number of benzene rings is 1. The second kappa shape index (κ2) is 7.57. The molecule has 4 heteroatoms. The Morgan fingerprint density at radius 1 is 1.47 bits per heavy atom. The number of rotatable bonds is 4. The van der Waals surface area contributed by atoms with Crippen LogP contribution in [0.1, 0.15) is 28.4 Å². The third-order valence-corrected chi connectivity index (χ3v) is 2.84. The predicted molar refractivity (Wildman–Crippen MR) is 75.8 cm³/mol. The second-order valence-electron chi connectivity index (χ2n) is 4.14. The molecule has 102 valence electrons. The lowest BCUT2D eigenvalue weighted by Gasteiger charge is -2.20. The number of amides is 1. The van der Waals surface area contributed by atoms with E-state index in [-0.39, 0.29) is 12.5 Å². The van der Waals surface area contributed by atoms with Crippen LogP contribution in [0, 0.1) is 18.8 Å². The average Bonchev–Trinajstić information content (AvgIpc) is 2.43. The lowest BCUT2D eigenvalue weighted by Crippen LogP contribution is -2.33. The number of likely N-dealkylation sites (N-methyl/N-ethyl adjacent to an activating group) is 1. The smallest absolute Gasteiger partial charge is 0.254 e. The van der Waals surface area contributed by atoms with E-state index in [1.807, 2.05) is 26.0 Å². The van der Waals surface area contributed by atoms with Crippen molar-refractivity contribution in [3.8, 4) is 11.8 Å². The van der Waals surface area contributed by atoms with Gasteiger partial charge in [-0.25, -0.2) is 0 Å². The molecule has 4 nitrogen and oxygen atoms in total. The SMILES string of the molecule is CCN(CCO)C(=O)c1cc(C#CCN)ccc1C. The van der Waals surface area contributed by atoms with Gasteiger partial charge in [0.2, 0.25) is 0 Å². The first-order valence-electron chi connectivity index (χ1n) is 6.33. The number of carbonyl (C=O) groups excluding carboxylic acids is 1. The maximum absolute atomic E-state index is 12.4. The Balaban J connectivity index is 3.07. The molecule has 1 amide bonds. The quantitative estimate of drug-likeness (QED) is 0.785. The molecular weight excluding hydrogens is 240 g/mol. The van der Waals surface area contributed by atoms with Gasteiger partial charge < -0.3 is 15.7 Å². The summed E-state index contributed by atoms with van der Waals surface area (Å²) in [5.41, 5.74) is 7.64. The van der Waals surface area contributed by atoms with Crippen molar-refractivity contribution in [1.82, 2.24) is 4.90 Å². The molecule has 0 heterocycles. The zero-order valence-electron chi connectivity index (χ0n) is 11.4. The average molecular weight is 260 g/mol. The van der Waals surface area contributed by atoms with Crippen molar-refractivity contribution in [1.29, 1.82) is 0 Å². The van der Waals surface area contributed by atoms with Crippen LogP contribution >= 0.6 is 0 Å². The van der Waals surface area contributed by atoms with Gasteiger partial charge in [0, 0.05) is 24.2 Å². The molecule has 1 aromatic rings. The number of aliphatic hydroxyl groups is 1. The van der Waals surface area contributed by atoms with Crippen LogP contribution in [-0.4, -0.2) is 42.2 Å². The summed E-state index contributed by atoms with van der Waals surface area (Å²) in [5.74, 6) is 5.61. The molecule has 0 unspecified atom stereocenters. The molecule has 0 bridgehead atoms. The van der Waals surface area contributed by atoms with Crippen LogP contribution in [0.3, 0.4) is 0 Å². The Kier molecular flexibility index (Phi) is 6.07. The topological polar surface area (TPSA) is 66.6 Å². The predicted octanol–water partition coefficient (Wildman–Crippen LogP) is 0.760. The van der Waals surface area contributed by atoms with Gasteiger partial charge in [-0.15, -0.1) is 0 Å². The van der Waals surface area contributed by atoms with Gasteiger partial charge >= 0.3 is 0 Å². The van der Waals surface area contributed by atoms with Crippen molar-refractivity contribution < 1.29 is 9.90 Å². The van der Waals surface area contributed by atoms with Crippen LogP contribution in [0.25, 0.3) is 0 Å². The lowest BCUT2D eigenvalue weighted by molar-refractivity contribution is 0.0731. The lowest BCUT2D eigenvalue weighted by atomic mass is 10.0. The first kappa shape index (κ1) is 15.2. The highest BCUT2D eigenvalue weighted by Gasteiger charge is 2.15. The van der Waals surface area contributed by atoms with Gasteiger partial charge in [-0.2, -0.15) is 0 Å². The Morgan fingerprint density at radius 3 is 2.79 bits per heavy atom. The molecule has 0 aromatic heterocycles. The van der Waals surface area contributed by atoms with E-state index in [1.54, 1.807) is 11.0 Å². The van der Waals surface area contributed by atoms with Crippen molar-refractivity contribution in [3.05, 3.63) is 34.9 Å². The largest absolute Gasteiger partial charge is 0.395 e. The van der Waals surface area contributed by atoms with Crippen LogP contribution in [0.15, 0.2) is 18.2 Å². The van der Waals surface area contributed by atoms with Gasteiger partial charge in [-0.1, -0.05) is 17.9 Å². The highest BCUT2D eigenvalue weighted by molar-refractivity contribution is 5.96. The molecular formula is C15H20N2O2. The molecule has 0 radical (unpaired) electrons. The third kappa shape index (κ3) is 4.09. The molecule has 0 saturated heterocycles. The number of hydrogen-bond acceptors (Lipinski definition) is 3. The van der Waals surface area contributed by atoms with Crippen molar-refractivity contribution in [2.24, 2.45) is 5.73 Å². The van der Waals surface area contributed by atoms with E-state index in [0.717, 1.165) is 11.1 Å². The van der Waals surface area contributed by atoms with Gasteiger partial charge in [0.25, 0.3) is 5.91 Å². The van der Waals surface area contributed by atoms with E-state index in [2.05, 4.69) is 11.8 Å². The highest BCUT2D eigenvalue weighted by Crippen LogP contribution is 2.13. The summed E-state index contributed by atoms with van der Waals surface area (Å²) in [5, 5.41) is 8.97. The van der Waals surface area contributed by atoms with E-state index in [1.165, 1.54) is 0 Å². The Morgan fingerprint density at radius 2 is 2.21 bits per heavy atom. The Hall–Kier alpha value is -1.83. The van der Waals surface area contributed by atoms with Crippen LogP contribution in [-0.2, 0) is 0 Å².